The molecule has 0 saturated carbocycles. The maximum absolute atomic E-state index is 13.9. The fraction of sp³-hybridized carbons (Fsp3) is 0.385. The number of rotatable bonds is 5. The summed E-state index contributed by atoms with van der Waals surface area (Å²) in [5, 5.41) is 17.0. The van der Waals surface area contributed by atoms with Gasteiger partial charge >= 0.3 is 6.03 Å². The minimum absolute atomic E-state index is 0.180. The van der Waals surface area contributed by atoms with Crippen molar-refractivity contribution in [2.45, 2.75) is 52.7 Å². The zero-order chi connectivity index (χ0) is 26.9. The van der Waals surface area contributed by atoms with Crippen molar-refractivity contribution in [2.24, 2.45) is 0 Å². The van der Waals surface area contributed by atoms with Crippen LogP contribution in [-0.2, 0) is 11.4 Å². The van der Waals surface area contributed by atoms with Crippen LogP contribution in [0.5, 0.6) is 5.75 Å². The molecule has 2 N–H and O–H groups in total. The zero-order valence-corrected chi connectivity index (χ0v) is 22.7. The fourth-order valence-electron chi connectivity index (χ4n) is 4.01. The second-order valence-corrected chi connectivity index (χ2v) is 11.3. The largest absolute Gasteiger partial charge is 0.506 e. The summed E-state index contributed by atoms with van der Waals surface area (Å²) in [6, 6.07) is 5.66. The first-order valence-corrected chi connectivity index (χ1v) is 13.2. The molecule has 11 heteroatoms. The first-order valence-electron chi connectivity index (χ1n) is 11.9. The van der Waals surface area contributed by atoms with Crippen LogP contribution < -0.4 is 5.32 Å². The summed E-state index contributed by atoms with van der Waals surface area (Å²) in [5.41, 5.74) is -0.348. The number of aromatic nitrogens is 1. The second-order valence-electron chi connectivity index (χ2n) is 9.83. The molecule has 4 amide bonds. The van der Waals surface area contributed by atoms with Crippen LogP contribution in [0.3, 0.4) is 0 Å². The van der Waals surface area contributed by atoms with E-state index in [1.54, 1.807) is 31.7 Å². The normalized spacial score (nSPS) is 13.7. The molecule has 0 aliphatic carbocycles. The number of fused-ring (bicyclic) bond motifs is 1. The topological polar surface area (TPSA) is 112 Å². The SMILES string of the molecule is Cc1ccsc1CNC(=O)N(OC(C)(C)C)C(=O)c1c(C(=O)N2CCCC2)nc2cc(Cl)ccc2c1O. The first-order chi connectivity index (χ1) is 17.5. The molecule has 196 valence electrons. The second kappa shape index (κ2) is 10.6. The number of halogens is 1. The van der Waals surface area contributed by atoms with Gasteiger partial charge in [-0.3, -0.25) is 14.4 Å². The molecule has 0 spiro atoms. The smallest absolute Gasteiger partial charge is 0.349 e. The zero-order valence-electron chi connectivity index (χ0n) is 21.1. The number of nitrogens with one attached hydrogen (secondary N) is 1. The van der Waals surface area contributed by atoms with Crippen molar-refractivity contribution in [1.29, 1.82) is 0 Å². The number of carbonyl (C=O) groups excluding carboxylic acids is 3. The van der Waals surface area contributed by atoms with Gasteiger partial charge in [0.1, 0.15) is 17.0 Å². The molecular formula is C26H29ClN4O5S. The molecule has 3 aromatic rings. The number of aromatic hydroxyl groups is 1. The number of nitrogens with zero attached hydrogens (tertiary/aromatic N) is 3. The van der Waals surface area contributed by atoms with Gasteiger partial charge in [-0.25, -0.2) is 9.78 Å². The highest BCUT2D eigenvalue weighted by molar-refractivity contribution is 7.10. The lowest BCUT2D eigenvalue weighted by Crippen LogP contribution is -2.48. The molecule has 0 radical (unpaired) electrons. The standard InChI is InChI=1S/C26H29ClN4O5S/c1-15-9-12-37-19(15)14-28-25(35)31(36-26(2,3)4)23(33)20-21(24(34)30-10-5-6-11-30)29-18-13-16(27)7-8-17(18)22(20)32/h7-9,12-13H,5-6,10-11,14H2,1-4H3,(H,28,35)(H,29,32). The molecule has 0 unspecified atom stereocenters. The first kappa shape index (κ1) is 26.8. The Kier molecular flexibility index (Phi) is 7.72. The van der Waals surface area contributed by atoms with Crippen molar-refractivity contribution in [2.75, 3.05) is 13.1 Å². The summed E-state index contributed by atoms with van der Waals surface area (Å²) in [5.74, 6) is -1.98. The predicted molar refractivity (Wildman–Crippen MR) is 142 cm³/mol. The van der Waals surface area contributed by atoms with E-state index in [4.69, 9.17) is 16.4 Å². The number of hydroxylamine groups is 2. The monoisotopic (exact) mass is 544 g/mol. The third-order valence-electron chi connectivity index (χ3n) is 5.83. The molecule has 0 bridgehead atoms. The number of pyridine rings is 1. The summed E-state index contributed by atoms with van der Waals surface area (Å²) >= 11 is 7.60. The summed E-state index contributed by atoms with van der Waals surface area (Å²) in [4.78, 5) is 53.3. The summed E-state index contributed by atoms with van der Waals surface area (Å²) in [7, 11) is 0. The van der Waals surface area contributed by atoms with Crippen LogP contribution in [0, 0.1) is 6.92 Å². The Morgan fingerprint density at radius 2 is 1.92 bits per heavy atom. The van der Waals surface area contributed by atoms with Crippen molar-refractivity contribution in [3.05, 3.63) is 56.4 Å². The van der Waals surface area contributed by atoms with E-state index >= 15 is 0 Å². The quantitative estimate of drug-likeness (QED) is 0.422. The lowest BCUT2D eigenvalue weighted by molar-refractivity contribution is -0.165. The lowest BCUT2D eigenvalue weighted by atomic mass is 10.1. The number of urea groups is 1. The van der Waals surface area contributed by atoms with Gasteiger partial charge in [0.05, 0.1) is 17.7 Å². The molecule has 1 aromatic carbocycles. The highest BCUT2D eigenvalue weighted by atomic mass is 35.5. The average Bonchev–Trinajstić information content (AvgIpc) is 3.51. The van der Waals surface area contributed by atoms with E-state index in [1.807, 2.05) is 18.4 Å². The Labute approximate surface area is 223 Å². The number of benzene rings is 1. The number of carbonyl (C=O) groups is 3. The van der Waals surface area contributed by atoms with Crippen LogP contribution >= 0.6 is 22.9 Å². The van der Waals surface area contributed by atoms with E-state index < -0.39 is 34.8 Å². The van der Waals surface area contributed by atoms with Crippen LogP contribution in [0.25, 0.3) is 10.9 Å². The molecule has 4 rings (SSSR count). The van der Waals surface area contributed by atoms with E-state index in [1.165, 1.54) is 23.5 Å². The molecule has 3 heterocycles. The third kappa shape index (κ3) is 5.87. The highest BCUT2D eigenvalue weighted by Gasteiger charge is 2.36. The number of hydrogen-bond donors (Lipinski definition) is 2. The van der Waals surface area contributed by atoms with Gasteiger partial charge in [0.2, 0.25) is 0 Å². The molecule has 1 fully saturated rings. The molecule has 2 aromatic heterocycles. The third-order valence-corrected chi connectivity index (χ3v) is 7.09. The fourth-order valence-corrected chi connectivity index (χ4v) is 5.02. The van der Waals surface area contributed by atoms with Crippen molar-refractivity contribution < 1.29 is 24.3 Å². The Morgan fingerprint density at radius 3 is 2.54 bits per heavy atom. The van der Waals surface area contributed by atoms with Gasteiger partial charge in [-0.2, -0.15) is 0 Å². The Morgan fingerprint density at radius 1 is 1.22 bits per heavy atom. The van der Waals surface area contributed by atoms with Crippen molar-refractivity contribution >= 4 is 51.7 Å². The van der Waals surface area contributed by atoms with E-state index in [-0.39, 0.29) is 23.1 Å². The number of likely N-dealkylation sites (tertiary alicyclic amines) is 1. The van der Waals surface area contributed by atoms with Gasteiger partial charge in [0, 0.05) is 28.4 Å². The van der Waals surface area contributed by atoms with Crippen LogP contribution in [0.15, 0.2) is 29.6 Å². The Bertz CT molecular complexity index is 1360. The van der Waals surface area contributed by atoms with E-state index in [0.29, 0.717) is 23.2 Å². The van der Waals surface area contributed by atoms with Crippen LogP contribution in [-0.4, -0.2) is 56.6 Å². The van der Waals surface area contributed by atoms with E-state index in [9.17, 15) is 19.5 Å². The minimum Gasteiger partial charge on any atom is -0.506 e. The minimum atomic E-state index is -1.00. The van der Waals surface area contributed by atoms with E-state index in [2.05, 4.69) is 10.3 Å². The number of aryl methyl sites for hydroxylation is 1. The van der Waals surface area contributed by atoms with Crippen LogP contribution in [0.1, 0.15) is 64.9 Å². The maximum atomic E-state index is 13.9. The molecule has 1 aliphatic rings. The maximum Gasteiger partial charge on any atom is 0.349 e. The Hall–Kier alpha value is -3.21. The highest BCUT2D eigenvalue weighted by Crippen LogP contribution is 2.34. The number of amides is 4. The lowest BCUT2D eigenvalue weighted by Gasteiger charge is -2.29. The summed E-state index contributed by atoms with van der Waals surface area (Å²) in [6.45, 7) is 8.16. The number of thiophene rings is 1. The van der Waals surface area contributed by atoms with Gasteiger partial charge in [0.25, 0.3) is 11.8 Å². The number of imide groups is 1. The van der Waals surface area contributed by atoms with Crippen molar-refractivity contribution in [3.8, 4) is 5.75 Å². The predicted octanol–water partition coefficient (Wildman–Crippen LogP) is 5.28. The Balaban J connectivity index is 1.79. The molecule has 1 saturated heterocycles. The summed E-state index contributed by atoms with van der Waals surface area (Å²) in [6.07, 6.45) is 1.65. The van der Waals surface area contributed by atoms with Gasteiger partial charge in [-0.1, -0.05) is 11.6 Å². The van der Waals surface area contributed by atoms with E-state index in [0.717, 1.165) is 23.3 Å². The summed E-state index contributed by atoms with van der Waals surface area (Å²) < 4.78 is 0. The molecular weight excluding hydrogens is 516 g/mol. The molecule has 1 aliphatic heterocycles. The van der Waals surface area contributed by atoms with Gasteiger partial charge in [0.15, 0.2) is 0 Å². The van der Waals surface area contributed by atoms with Gasteiger partial charge in [-0.05, 0) is 75.7 Å². The van der Waals surface area contributed by atoms with Gasteiger partial charge < -0.3 is 15.3 Å². The van der Waals surface area contributed by atoms with Crippen molar-refractivity contribution in [1.82, 2.24) is 20.3 Å². The van der Waals surface area contributed by atoms with Crippen molar-refractivity contribution in [3.63, 3.8) is 0 Å². The molecule has 0 atom stereocenters. The average molecular weight is 545 g/mol. The molecule has 9 nitrogen and oxygen atoms in total. The van der Waals surface area contributed by atoms with Crippen LogP contribution in [0.2, 0.25) is 5.02 Å². The van der Waals surface area contributed by atoms with Crippen LogP contribution in [0.4, 0.5) is 4.79 Å². The number of hydrogen-bond acceptors (Lipinski definition) is 7. The van der Waals surface area contributed by atoms with Gasteiger partial charge in [-0.15, -0.1) is 16.4 Å². The molecule has 37 heavy (non-hydrogen) atoms.